The van der Waals surface area contributed by atoms with Crippen molar-refractivity contribution in [3.63, 3.8) is 0 Å². The minimum Gasteiger partial charge on any atom is -0.502 e. The number of phenols is 1. The van der Waals surface area contributed by atoms with Gasteiger partial charge in [-0.25, -0.2) is 4.98 Å². The molecule has 1 heterocycles. The first-order valence-corrected chi connectivity index (χ1v) is 8.22. The molecule has 136 valence electrons. The lowest BCUT2D eigenvalue weighted by Crippen LogP contribution is -2.03. The number of ether oxygens (including phenoxy) is 2. The largest absolute Gasteiger partial charge is 0.502 e. The summed E-state index contributed by atoms with van der Waals surface area (Å²) in [5, 5.41) is 19.9. The molecule has 0 aliphatic heterocycles. The van der Waals surface area contributed by atoms with Crippen LogP contribution in [0.2, 0.25) is 0 Å². The lowest BCUT2D eigenvalue weighted by molar-refractivity contribution is 0.340. The van der Waals surface area contributed by atoms with Gasteiger partial charge in [-0.05, 0) is 30.2 Å². The monoisotopic (exact) mass is 361 g/mol. The van der Waals surface area contributed by atoms with Crippen molar-refractivity contribution in [1.82, 2.24) is 4.98 Å². The maximum absolute atomic E-state index is 10.2. The maximum atomic E-state index is 10.2. The number of phenolic OH excluding ortho intramolecular Hbond substituents is 1. The predicted molar refractivity (Wildman–Crippen MR) is 104 cm³/mol. The van der Waals surface area contributed by atoms with Gasteiger partial charge in [0.15, 0.2) is 11.5 Å². The third kappa shape index (κ3) is 3.11. The van der Waals surface area contributed by atoms with Crippen LogP contribution in [0.5, 0.6) is 17.2 Å². The molecule has 6 heteroatoms. The van der Waals surface area contributed by atoms with Gasteiger partial charge >= 0.3 is 0 Å². The maximum Gasteiger partial charge on any atom is 0.200 e. The molecule has 0 bridgehead atoms. The summed E-state index contributed by atoms with van der Waals surface area (Å²) in [6.07, 6.45) is 0. The number of aromatic nitrogens is 1. The fourth-order valence-corrected chi connectivity index (χ4v) is 3.08. The molecule has 0 fully saturated rings. The van der Waals surface area contributed by atoms with Crippen molar-refractivity contribution in [2.45, 2.75) is 6.92 Å². The van der Waals surface area contributed by atoms with Gasteiger partial charge in [-0.15, -0.1) is 0 Å². The van der Waals surface area contributed by atoms with Crippen LogP contribution in [0.1, 0.15) is 11.1 Å². The van der Waals surface area contributed by atoms with Crippen molar-refractivity contribution in [2.24, 2.45) is 0 Å². The number of hydrogen-bond acceptors (Lipinski definition) is 6. The fraction of sp³-hybridized carbons (Fsp3) is 0.143. The van der Waals surface area contributed by atoms with Crippen LogP contribution < -0.4 is 15.2 Å². The number of aromatic hydroxyl groups is 1. The van der Waals surface area contributed by atoms with Gasteiger partial charge in [0.05, 0.1) is 19.9 Å². The van der Waals surface area contributed by atoms with Gasteiger partial charge in [0.25, 0.3) is 0 Å². The van der Waals surface area contributed by atoms with Crippen molar-refractivity contribution in [1.29, 1.82) is 5.26 Å². The van der Waals surface area contributed by atoms with Gasteiger partial charge in [0.2, 0.25) is 5.75 Å². The van der Waals surface area contributed by atoms with E-state index in [4.69, 9.17) is 15.2 Å². The van der Waals surface area contributed by atoms with E-state index >= 15 is 0 Å². The van der Waals surface area contributed by atoms with Crippen molar-refractivity contribution in [3.8, 4) is 45.7 Å². The molecule has 27 heavy (non-hydrogen) atoms. The molecular formula is C21H19N3O3. The lowest BCUT2D eigenvalue weighted by atomic mass is 9.92. The molecule has 0 saturated heterocycles. The molecule has 0 aliphatic carbocycles. The van der Waals surface area contributed by atoms with Crippen LogP contribution in [0, 0.1) is 18.3 Å². The van der Waals surface area contributed by atoms with Crippen LogP contribution in [-0.4, -0.2) is 24.3 Å². The van der Waals surface area contributed by atoms with E-state index < -0.39 is 0 Å². The topological polar surface area (TPSA) is 101 Å². The number of methoxy groups -OCH3 is 2. The molecule has 0 spiro atoms. The zero-order valence-corrected chi connectivity index (χ0v) is 15.3. The molecule has 0 amide bonds. The molecule has 6 nitrogen and oxygen atoms in total. The Morgan fingerprint density at radius 2 is 1.63 bits per heavy atom. The number of nitriles is 1. The predicted octanol–water partition coefficient (Wildman–Crippen LogP) is 3.90. The van der Waals surface area contributed by atoms with E-state index in [1.807, 2.05) is 37.3 Å². The van der Waals surface area contributed by atoms with Gasteiger partial charge in [0.1, 0.15) is 17.5 Å². The van der Waals surface area contributed by atoms with Gasteiger partial charge in [-0.2, -0.15) is 5.26 Å². The van der Waals surface area contributed by atoms with Gasteiger partial charge in [-0.3, -0.25) is 0 Å². The lowest BCUT2D eigenvalue weighted by Gasteiger charge is -2.17. The van der Waals surface area contributed by atoms with E-state index in [0.29, 0.717) is 16.8 Å². The van der Waals surface area contributed by atoms with Crippen molar-refractivity contribution in [2.75, 3.05) is 20.0 Å². The van der Waals surface area contributed by atoms with Crippen LogP contribution in [0.4, 0.5) is 5.82 Å². The SMILES string of the molecule is COc1cc(-c2c(C)c(-c3ccccc3)nc(N)c2C#N)cc(OC)c1O. The van der Waals surface area contributed by atoms with Gasteiger partial charge in [-0.1, -0.05) is 30.3 Å². The van der Waals surface area contributed by atoms with Gasteiger partial charge < -0.3 is 20.3 Å². The average Bonchev–Trinajstić information content (AvgIpc) is 2.70. The van der Waals surface area contributed by atoms with E-state index in [1.54, 1.807) is 12.1 Å². The molecule has 2 aromatic carbocycles. The Morgan fingerprint density at radius 3 is 2.15 bits per heavy atom. The van der Waals surface area contributed by atoms with Crippen LogP contribution in [0.15, 0.2) is 42.5 Å². The molecular weight excluding hydrogens is 342 g/mol. The molecule has 0 saturated carbocycles. The highest BCUT2D eigenvalue weighted by atomic mass is 16.5. The summed E-state index contributed by atoms with van der Waals surface area (Å²) in [7, 11) is 2.90. The Bertz CT molecular complexity index is 1020. The minimum atomic E-state index is -0.106. The zero-order valence-electron chi connectivity index (χ0n) is 15.3. The molecule has 0 aliphatic rings. The third-order valence-electron chi connectivity index (χ3n) is 4.40. The number of hydrogen-bond donors (Lipinski definition) is 2. The quantitative estimate of drug-likeness (QED) is 0.731. The number of benzene rings is 2. The second-order valence-electron chi connectivity index (χ2n) is 5.93. The van der Waals surface area contributed by atoms with Crippen molar-refractivity contribution < 1.29 is 14.6 Å². The number of anilines is 1. The van der Waals surface area contributed by atoms with E-state index in [9.17, 15) is 10.4 Å². The third-order valence-corrected chi connectivity index (χ3v) is 4.40. The van der Waals surface area contributed by atoms with E-state index in [0.717, 1.165) is 11.1 Å². The number of nitrogens with two attached hydrogens (primary N) is 1. The molecule has 0 atom stereocenters. The van der Waals surface area contributed by atoms with Crippen LogP contribution >= 0.6 is 0 Å². The first-order chi connectivity index (χ1) is 13.0. The number of nitrogen functional groups attached to an aromatic ring is 1. The van der Waals surface area contributed by atoms with Crippen LogP contribution in [-0.2, 0) is 0 Å². The van der Waals surface area contributed by atoms with E-state index in [-0.39, 0.29) is 28.6 Å². The molecule has 0 radical (unpaired) electrons. The molecule has 1 aromatic heterocycles. The summed E-state index contributed by atoms with van der Waals surface area (Å²) >= 11 is 0. The summed E-state index contributed by atoms with van der Waals surface area (Å²) in [6, 6.07) is 15.0. The van der Waals surface area contributed by atoms with Crippen LogP contribution in [0.25, 0.3) is 22.4 Å². The highest BCUT2D eigenvalue weighted by Crippen LogP contribution is 2.43. The Morgan fingerprint density at radius 1 is 1.04 bits per heavy atom. The number of rotatable bonds is 4. The Kier molecular flexibility index (Phi) is 4.86. The van der Waals surface area contributed by atoms with Crippen LogP contribution in [0.3, 0.4) is 0 Å². The standard InChI is InChI=1S/C21H19N3O3/c1-12-18(14-9-16(26-2)20(25)17(10-14)27-3)15(11-22)21(23)24-19(12)13-7-5-4-6-8-13/h4-10,25H,1-3H3,(H2,23,24). The average molecular weight is 361 g/mol. The number of pyridine rings is 1. The second-order valence-corrected chi connectivity index (χ2v) is 5.93. The Labute approximate surface area is 157 Å². The van der Waals surface area contributed by atoms with E-state index in [2.05, 4.69) is 11.1 Å². The fourth-order valence-electron chi connectivity index (χ4n) is 3.08. The summed E-state index contributed by atoms with van der Waals surface area (Å²) < 4.78 is 10.5. The Hall–Kier alpha value is -3.72. The van der Waals surface area contributed by atoms with Gasteiger partial charge in [0, 0.05) is 11.1 Å². The first kappa shape index (κ1) is 18.1. The number of nitrogens with zero attached hydrogens (tertiary/aromatic N) is 2. The molecule has 3 rings (SSSR count). The minimum absolute atomic E-state index is 0.106. The first-order valence-electron chi connectivity index (χ1n) is 8.22. The van der Waals surface area contributed by atoms with Crippen molar-refractivity contribution >= 4 is 5.82 Å². The normalized spacial score (nSPS) is 10.3. The second kappa shape index (κ2) is 7.26. The smallest absolute Gasteiger partial charge is 0.200 e. The molecule has 3 aromatic rings. The molecule has 3 N–H and O–H groups in total. The summed E-state index contributed by atoms with van der Waals surface area (Å²) in [4.78, 5) is 4.45. The Balaban J connectivity index is 2.36. The summed E-state index contributed by atoms with van der Waals surface area (Å²) in [5.41, 5.74) is 10.0. The highest BCUT2D eigenvalue weighted by molar-refractivity contribution is 5.85. The van der Waals surface area contributed by atoms with Crippen molar-refractivity contribution in [3.05, 3.63) is 53.6 Å². The summed E-state index contributed by atoms with van der Waals surface area (Å²) in [6.45, 7) is 1.89. The molecule has 0 unspecified atom stereocenters. The van der Waals surface area contributed by atoms with E-state index in [1.165, 1.54) is 14.2 Å². The highest BCUT2D eigenvalue weighted by Gasteiger charge is 2.21. The zero-order chi connectivity index (χ0) is 19.6. The summed E-state index contributed by atoms with van der Waals surface area (Å²) in [5.74, 6) is 0.516.